The van der Waals surface area contributed by atoms with Crippen molar-refractivity contribution in [3.8, 4) is 0 Å². The van der Waals surface area contributed by atoms with E-state index in [1.165, 1.54) is 0 Å². The molecule has 0 saturated carbocycles. The fraction of sp³-hybridized carbons (Fsp3) is 0.125. The predicted octanol–water partition coefficient (Wildman–Crippen LogP) is 1.61. The molecule has 0 aliphatic carbocycles. The van der Waals surface area contributed by atoms with E-state index < -0.39 is 11.3 Å². The third-order valence-electron chi connectivity index (χ3n) is 1.71. The first kappa shape index (κ1) is 10.6. The van der Waals surface area contributed by atoms with Crippen LogP contribution in [0.25, 0.3) is 0 Å². The normalized spacial score (nSPS) is 14.9. The zero-order valence-electron chi connectivity index (χ0n) is 6.81. The molecule has 13 heavy (non-hydrogen) atoms. The molecule has 3 nitrogen and oxygen atoms in total. The number of hydrogen-bond acceptors (Lipinski definition) is 2. The van der Waals surface area contributed by atoms with Gasteiger partial charge in [-0.1, -0.05) is 39.6 Å². The Morgan fingerprint density at radius 1 is 1.38 bits per heavy atom. The van der Waals surface area contributed by atoms with Gasteiger partial charge in [-0.05, 0) is 5.56 Å². The molecular formula is C8H10O3P2. The van der Waals surface area contributed by atoms with E-state index in [-0.39, 0.29) is 0 Å². The summed E-state index contributed by atoms with van der Waals surface area (Å²) >= 11 is 0. The van der Waals surface area contributed by atoms with Crippen LogP contribution in [0.4, 0.5) is 0 Å². The smallest absolute Gasteiger partial charge is 0.344 e. The van der Waals surface area contributed by atoms with Crippen LogP contribution in [0.2, 0.25) is 0 Å². The highest BCUT2D eigenvalue weighted by Crippen LogP contribution is 2.35. The minimum absolute atomic E-state index is 0.586. The van der Waals surface area contributed by atoms with Crippen molar-refractivity contribution in [3.63, 3.8) is 0 Å². The van der Waals surface area contributed by atoms with Crippen molar-refractivity contribution >= 4 is 24.7 Å². The van der Waals surface area contributed by atoms with Crippen molar-refractivity contribution in [1.82, 2.24) is 0 Å². The monoisotopic (exact) mass is 216 g/mol. The van der Waals surface area contributed by atoms with E-state index in [1.54, 1.807) is 24.3 Å². The lowest BCUT2D eigenvalue weighted by Crippen LogP contribution is -2.29. The topological polar surface area (TPSA) is 46.5 Å². The lowest BCUT2D eigenvalue weighted by molar-refractivity contribution is -0.147. The van der Waals surface area contributed by atoms with Gasteiger partial charge in [-0.15, -0.1) is 0 Å². The molecule has 1 aromatic rings. The van der Waals surface area contributed by atoms with Gasteiger partial charge in [-0.3, -0.25) is 0 Å². The summed E-state index contributed by atoms with van der Waals surface area (Å²) in [5, 5.41) is 7.56. The quantitative estimate of drug-likeness (QED) is 0.780. The van der Waals surface area contributed by atoms with Gasteiger partial charge in [0.05, 0.1) is 0 Å². The molecule has 0 fully saturated rings. The van der Waals surface area contributed by atoms with Gasteiger partial charge in [-0.2, -0.15) is 0 Å². The Morgan fingerprint density at radius 2 is 1.92 bits per heavy atom. The largest absolute Gasteiger partial charge is 0.479 e. The number of hydrogen-bond donors (Lipinski definition) is 1. The first-order valence-electron chi connectivity index (χ1n) is 3.57. The molecule has 5 heteroatoms. The van der Waals surface area contributed by atoms with Crippen molar-refractivity contribution in [1.29, 1.82) is 0 Å². The van der Waals surface area contributed by atoms with Gasteiger partial charge in [-0.25, -0.2) is 4.79 Å². The Labute approximate surface area is 81.0 Å². The standard InChI is InChI=1S/C8H10O3P2/c9-7(10)8(12,11-13)6-4-2-1-3-5-6/h1-5H,12-13H2,(H,9,10). The maximum absolute atomic E-state index is 10.9. The van der Waals surface area contributed by atoms with Crippen molar-refractivity contribution < 1.29 is 14.4 Å². The Hall–Kier alpha value is -0.490. The lowest BCUT2D eigenvalue weighted by Gasteiger charge is -2.22. The minimum atomic E-state index is -1.37. The molecule has 0 heterocycles. The van der Waals surface area contributed by atoms with Crippen LogP contribution in [0.3, 0.4) is 0 Å². The fourth-order valence-electron chi connectivity index (χ4n) is 0.928. The van der Waals surface area contributed by atoms with Crippen LogP contribution >= 0.6 is 18.7 Å². The predicted molar refractivity (Wildman–Crippen MR) is 56.3 cm³/mol. The first-order valence-corrected chi connectivity index (χ1v) is 4.62. The van der Waals surface area contributed by atoms with Gasteiger partial charge < -0.3 is 9.63 Å². The van der Waals surface area contributed by atoms with Crippen LogP contribution in [0.1, 0.15) is 5.56 Å². The lowest BCUT2D eigenvalue weighted by atomic mass is 10.1. The Morgan fingerprint density at radius 3 is 2.31 bits per heavy atom. The molecule has 0 saturated heterocycles. The molecular weight excluding hydrogens is 206 g/mol. The van der Waals surface area contributed by atoms with Gasteiger partial charge in [0.1, 0.15) is 0 Å². The van der Waals surface area contributed by atoms with Crippen molar-refractivity contribution in [3.05, 3.63) is 35.9 Å². The highest BCUT2D eigenvalue weighted by molar-refractivity contribution is 7.21. The maximum Gasteiger partial charge on any atom is 0.344 e. The third kappa shape index (κ3) is 2.05. The van der Waals surface area contributed by atoms with Crippen molar-refractivity contribution in [2.75, 3.05) is 0 Å². The fourth-order valence-corrected chi connectivity index (χ4v) is 1.36. The number of carboxylic acid groups (broad SMARTS) is 1. The molecule has 1 rings (SSSR count). The summed E-state index contributed by atoms with van der Waals surface area (Å²) in [5.41, 5.74) is 0.586. The third-order valence-corrected chi connectivity index (χ3v) is 3.07. The van der Waals surface area contributed by atoms with E-state index >= 15 is 0 Å². The Kier molecular flexibility index (Phi) is 3.38. The van der Waals surface area contributed by atoms with E-state index in [9.17, 15) is 4.79 Å². The molecule has 0 aliphatic rings. The van der Waals surface area contributed by atoms with Crippen molar-refractivity contribution in [2.45, 2.75) is 5.34 Å². The van der Waals surface area contributed by atoms with E-state index in [4.69, 9.17) is 9.63 Å². The molecule has 0 aliphatic heterocycles. The number of benzene rings is 1. The van der Waals surface area contributed by atoms with Gasteiger partial charge in [0.2, 0.25) is 5.34 Å². The summed E-state index contributed by atoms with van der Waals surface area (Å²) in [4.78, 5) is 10.9. The minimum Gasteiger partial charge on any atom is -0.479 e. The van der Waals surface area contributed by atoms with E-state index in [2.05, 4.69) is 9.24 Å². The Bertz CT molecular complexity index is 302. The molecule has 0 aromatic heterocycles. The molecule has 1 N–H and O–H groups in total. The number of rotatable bonds is 3. The van der Waals surface area contributed by atoms with Gasteiger partial charge in [0.25, 0.3) is 0 Å². The molecule has 0 spiro atoms. The molecule has 3 atom stereocenters. The number of aliphatic carboxylic acids is 1. The van der Waals surface area contributed by atoms with E-state index in [0.717, 1.165) is 0 Å². The van der Waals surface area contributed by atoms with Crippen LogP contribution in [0.15, 0.2) is 30.3 Å². The summed E-state index contributed by atoms with van der Waals surface area (Å²) in [5.74, 6) is -1.04. The summed E-state index contributed by atoms with van der Waals surface area (Å²) in [6.07, 6.45) is 0. The van der Waals surface area contributed by atoms with Crippen LogP contribution in [0, 0.1) is 0 Å². The van der Waals surface area contributed by atoms with Crippen molar-refractivity contribution in [2.24, 2.45) is 0 Å². The average molecular weight is 216 g/mol. The SMILES string of the molecule is O=C(O)C(P)(OP)c1ccccc1. The van der Waals surface area contributed by atoms with Crippen LogP contribution in [0.5, 0.6) is 0 Å². The zero-order valence-corrected chi connectivity index (χ0v) is 9.11. The molecule has 0 bridgehead atoms. The zero-order chi connectivity index (χ0) is 9.90. The summed E-state index contributed by atoms with van der Waals surface area (Å²) in [6.45, 7) is 0. The highest BCUT2D eigenvalue weighted by atomic mass is 31.0. The van der Waals surface area contributed by atoms with E-state index in [1.807, 2.05) is 15.5 Å². The van der Waals surface area contributed by atoms with Gasteiger partial charge >= 0.3 is 5.97 Å². The highest BCUT2D eigenvalue weighted by Gasteiger charge is 2.35. The Balaban J connectivity index is 3.11. The maximum atomic E-state index is 10.9. The molecule has 0 radical (unpaired) electrons. The second-order valence-corrected chi connectivity index (χ2v) is 3.57. The average Bonchev–Trinajstić information content (AvgIpc) is 2.17. The van der Waals surface area contributed by atoms with Crippen LogP contribution in [-0.2, 0) is 14.7 Å². The molecule has 70 valence electrons. The number of carboxylic acids is 1. The first-order chi connectivity index (χ1) is 6.11. The molecule has 0 amide bonds. The second-order valence-electron chi connectivity index (χ2n) is 2.52. The molecule has 1 aromatic carbocycles. The van der Waals surface area contributed by atoms with Gasteiger partial charge in [0.15, 0.2) is 0 Å². The molecule has 3 unspecified atom stereocenters. The summed E-state index contributed by atoms with van der Waals surface area (Å²) < 4.78 is 4.87. The second kappa shape index (κ2) is 4.15. The van der Waals surface area contributed by atoms with Crippen LogP contribution < -0.4 is 0 Å². The summed E-state index contributed by atoms with van der Waals surface area (Å²) in [7, 11) is 4.14. The number of carbonyl (C=O) groups is 1. The van der Waals surface area contributed by atoms with Gasteiger partial charge in [0, 0.05) is 9.47 Å². The summed E-state index contributed by atoms with van der Waals surface area (Å²) in [6, 6.07) is 8.75. The van der Waals surface area contributed by atoms with E-state index in [0.29, 0.717) is 5.56 Å². The van der Waals surface area contributed by atoms with Crippen LogP contribution in [-0.4, -0.2) is 11.1 Å².